The number of esters is 1. The molecule has 2 fully saturated rings. The smallest absolute Gasteiger partial charge is 0.308 e. The van der Waals surface area contributed by atoms with Crippen molar-refractivity contribution in [1.82, 2.24) is 0 Å². The van der Waals surface area contributed by atoms with Crippen molar-refractivity contribution in [2.75, 3.05) is 32.2 Å². The molecule has 158 valence electrons. The number of rotatable bonds is 5. The van der Waals surface area contributed by atoms with Crippen molar-refractivity contribution in [3.05, 3.63) is 23.8 Å². The van der Waals surface area contributed by atoms with Gasteiger partial charge in [0.25, 0.3) is 0 Å². The minimum atomic E-state index is -0.518. The number of carbonyl (C=O) groups excluding carboxylic acids is 2. The molecular weight excluding hydrogens is 378 g/mol. The lowest BCUT2D eigenvalue weighted by atomic mass is 9.84. The van der Waals surface area contributed by atoms with Crippen molar-refractivity contribution in [2.24, 2.45) is 5.92 Å². The molecule has 3 aliphatic heterocycles. The van der Waals surface area contributed by atoms with Gasteiger partial charge in [0.05, 0.1) is 26.2 Å². The molecule has 2 N–H and O–H groups in total. The fourth-order valence-electron chi connectivity index (χ4n) is 4.44. The summed E-state index contributed by atoms with van der Waals surface area (Å²) in [5.74, 6) is 0.330. The van der Waals surface area contributed by atoms with E-state index in [1.54, 1.807) is 0 Å². The third-order valence-electron chi connectivity index (χ3n) is 5.98. The van der Waals surface area contributed by atoms with Gasteiger partial charge >= 0.3 is 5.97 Å². The third kappa shape index (κ3) is 4.24. The lowest BCUT2D eigenvalue weighted by molar-refractivity contribution is -0.156. The Kier molecular flexibility index (Phi) is 6.03. The maximum absolute atomic E-state index is 12.6. The second-order valence-electron chi connectivity index (χ2n) is 7.81. The van der Waals surface area contributed by atoms with Crippen LogP contribution in [0.1, 0.15) is 37.2 Å². The third-order valence-corrected chi connectivity index (χ3v) is 5.98. The van der Waals surface area contributed by atoms with Gasteiger partial charge < -0.3 is 29.4 Å². The van der Waals surface area contributed by atoms with Crippen molar-refractivity contribution >= 4 is 17.6 Å². The summed E-state index contributed by atoms with van der Waals surface area (Å²) in [6.45, 7) is 1.04. The van der Waals surface area contributed by atoms with Gasteiger partial charge in [-0.05, 0) is 37.5 Å². The van der Waals surface area contributed by atoms with Crippen molar-refractivity contribution in [2.45, 2.75) is 49.9 Å². The van der Waals surface area contributed by atoms with Crippen LogP contribution in [0.5, 0.6) is 5.75 Å². The van der Waals surface area contributed by atoms with Gasteiger partial charge in [-0.25, -0.2) is 0 Å². The maximum atomic E-state index is 12.6. The van der Waals surface area contributed by atoms with E-state index in [2.05, 4.69) is 5.32 Å². The molecule has 1 aromatic rings. The number of benzene rings is 1. The average molecular weight is 405 g/mol. The zero-order valence-corrected chi connectivity index (χ0v) is 16.5. The van der Waals surface area contributed by atoms with Crippen LogP contribution in [0.4, 0.5) is 5.69 Å². The summed E-state index contributed by atoms with van der Waals surface area (Å²) in [5.41, 5.74) is 1.69. The summed E-state index contributed by atoms with van der Waals surface area (Å²) < 4.78 is 22.0. The van der Waals surface area contributed by atoms with Gasteiger partial charge in [-0.1, -0.05) is 0 Å². The van der Waals surface area contributed by atoms with Gasteiger partial charge in [0.1, 0.15) is 18.0 Å². The number of fused-ring (bicyclic) bond motifs is 3. The minimum Gasteiger partial charge on any atom is -0.487 e. The van der Waals surface area contributed by atoms with Gasteiger partial charge in [0.15, 0.2) is 0 Å². The molecule has 4 rings (SSSR count). The van der Waals surface area contributed by atoms with E-state index in [4.69, 9.17) is 18.9 Å². The number of carbonyl (C=O) groups is 2. The molecule has 1 aromatic carbocycles. The van der Waals surface area contributed by atoms with Crippen molar-refractivity contribution in [1.29, 1.82) is 0 Å². The Morgan fingerprint density at radius 1 is 1.28 bits per heavy atom. The van der Waals surface area contributed by atoms with E-state index in [9.17, 15) is 14.7 Å². The highest BCUT2D eigenvalue weighted by atomic mass is 16.6. The SMILES string of the molecule is COC(=O)C[C@@H]1C[C@H]2c3cc(NC(=O)C4CCOCC4)ccc3O[C@H]2[C@H](CO)O1. The average Bonchev–Trinajstić information content (AvgIpc) is 3.11. The van der Waals surface area contributed by atoms with Crippen LogP contribution in [0.2, 0.25) is 0 Å². The molecule has 0 aliphatic carbocycles. The van der Waals surface area contributed by atoms with Crippen LogP contribution >= 0.6 is 0 Å². The quantitative estimate of drug-likeness (QED) is 0.718. The topological polar surface area (TPSA) is 103 Å². The summed E-state index contributed by atoms with van der Waals surface area (Å²) in [6.07, 6.45) is 0.995. The number of amides is 1. The van der Waals surface area contributed by atoms with E-state index in [-0.39, 0.29) is 48.9 Å². The first-order chi connectivity index (χ1) is 14.1. The molecule has 3 aliphatic rings. The second-order valence-corrected chi connectivity index (χ2v) is 7.81. The molecule has 8 nitrogen and oxygen atoms in total. The second kappa shape index (κ2) is 8.69. The molecule has 0 bridgehead atoms. The summed E-state index contributed by atoms with van der Waals surface area (Å²) in [7, 11) is 1.35. The molecule has 0 saturated carbocycles. The molecule has 0 unspecified atom stereocenters. The normalized spacial score (nSPS) is 28.8. The Balaban J connectivity index is 1.50. The Morgan fingerprint density at radius 2 is 2.07 bits per heavy atom. The Morgan fingerprint density at radius 3 is 2.79 bits per heavy atom. The predicted molar refractivity (Wildman–Crippen MR) is 103 cm³/mol. The molecule has 1 amide bonds. The van der Waals surface area contributed by atoms with Crippen LogP contribution in [0.15, 0.2) is 18.2 Å². The first kappa shape index (κ1) is 20.1. The highest BCUT2D eigenvalue weighted by Crippen LogP contribution is 2.47. The van der Waals surface area contributed by atoms with Gasteiger partial charge in [-0.3, -0.25) is 9.59 Å². The van der Waals surface area contributed by atoms with Gasteiger partial charge in [0.2, 0.25) is 5.91 Å². The summed E-state index contributed by atoms with van der Waals surface area (Å²) >= 11 is 0. The van der Waals surface area contributed by atoms with Crippen LogP contribution in [0.25, 0.3) is 0 Å². The van der Waals surface area contributed by atoms with E-state index in [0.29, 0.717) is 19.6 Å². The molecule has 0 aromatic heterocycles. The molecule has 2 saturated heterocycles. The molecule has 0 radical (unpaired) electrons. The molecule has 4 atom stereocenters. The lowest BCUT2D eigenvalue weighted by Gasteiger charge is -2.36. The molecule has 8 heteroatoms. The summed E-state index contributed by atoms with van der Waals surface area (Å²) in [5, 5.41) is 12.8. The van der Waals surface area contributed by atoms with E-state index in [1.807, 2.05) is 18.2 Å². The summed E-state index contributed by atoms with van der Waals surface area (Å²) in [4.78, 5) is 24.2. The number of anilines is 1. The highest BCUT2D eigenvalue weighted by molar-refractivity contribution is 5.92. The van der Waals surface area contributed by atoms with Crippen molar-refractivity contribution in [3.8, 4) is 5.75 Å². The number of hydrogen-bond acceptors (Lipinski definition) is 7. The number of methoxy groups -OCH3 is 1. The van der Waals surface area contributed by atoms with Crippen LogP contribution in [0, 0.1) is 5.92 Å². The zero-order chi connectivity index (χ0) is 20.4. The van der Waals surface area contributed by atoms with Crippen LogP contribution in [-0.2, 0) is 23.8 Å². The maximum Gasteiger partial charge on any atom is 0.308 e. The zero-order valence-electron chi connectivity index (χ0n) is 16.5. The fraction of sp³-hybridized carbons (Fsp3) is 0.619. The molecule has 29 heavy (non-hydrogen) atoms. The Labute approximate surface area is 169 Å². The van der Waals surface area contributed by atoms with Crippen LogP contribution in [0.3, 0.4) is 0 Å². The molecule has 0 spiro atoms. The number of nitrogens with one attached hydrogen (secondary N) is 1. The minimum absolute atomic E-state index is 0.00694. The number of ether oxygens (including phenoxy) is 4. The lowest BCUT2D eigenvalue weighted by Crippen LogP contribution is -2.46. The highest BCUT2D eigenvalue weighted by Gasteiger charge is 2.46. The van der Waals surface area contributed by atoms with Gasteiger partial charge in [-0.2, -0.15) is 0 Å². The Hall–Kier alpha value is -2.16. The van der Waals surface area contributed by atoms with Gasteiger partial charge in [-0.15, -0.1) is 0 Å². The monoisotopic (exact) mass is 405 g/mol. The molecular formula is C21H27NO7. The number of hydrogen-bond donors (Lipinski definition) is 2. The van der Waals surface area contributed by atoms with Crippen molar-refractivity contribution in [3.63, 3.8) is 0 Å². The first-order valence-electron chi connectivity index (χ1n) is 10.1. The van der Waals surface area contributed by atoms with E-state index >= 15 is 0 Å². The standard InChI is InChI=1S/C21H27NO7/c1-26-19(24)10-14-9-16-15-8-13(22-21(25)12-4-6-27-7-5-12)2-3-17(15)29-20(16)18(11-23)28-14/h2-3,8,12,14,16,18,20,23H,4-7,9-11H2,1H3,(H,22,25)/t14-,16-,18-,20+/m0/s1. The molecule has 3 heterocycles. The van der Waals surface area contributed by atoms with E-state index < -0.39 is 6.10 Å². The largest absolute Gasteiger partial charge is 0.487 e. The van der Waals surface area contributed by atoms with E-state index in [0.717, 1.165) is 29.8 Å². The van der Waals surface area contributed by atoms with Crippen LogP contribution < -0.4 is 10.1 Å². The van der Waals surface area contributed by atoms with Crippen LogP contribution in [-0.4, -0.2) is 62.2 Å². The number of aliphatic hydroxyl groups excluding tert-OH is 1. The number of aliphatic hydroxyl groups is 1. The van der Waals surface area contributed by atoms with Gasteiger partial charge in [0, 0.05) is 36.3 Å². The van der Waals surface area contributed by atoms with E-state index in [1.165, 1.54) is 7.11 Å². The first-order valence-corrected chi connectivity index (χ1v) is 10.1. The van der Waals surface area contributed by atoms with Crippen molar-refractivity contribution < 1.29 is 33.6 Å². The fourth-order valence-corrected chi connectivity index (χ4v) is 4.44. The predicted octanol–water partition coefficient (Wildman–Crippen LogP) is 1.61. The Bertz CT molecular complexity index is 761. The summed E-state index contributed by atoms with van der Waals surface area (Å²) in [6, 6.07) is 5.61.